The Hall–Kier alpha value is -2.70. The number of benzene rings is 1. The van der Waals surface area contributed by atoms with Gasteiger partial charge >= 0.3 is 0 Å². The van der Waals surface area contributed by atoms with Crippen molar-refractivity contribution in [1.29, 1.82) is 0 Å². The number of rotatable bonds is 6. The normalized spacial score (nSPS) is 19.1. The van der Waals surface area contributed by atoms with E-state index >= 15 is 0 Å². The van der Waals surface area contributed by atoms with Gasteiger partial charge in [-0.1, -0.05) is 12.1 Å². The number of nitrogens with one attached hydrogen (secondary N) is 2. The van der Waals surface area contributed by atoms with Crippen molar-refractivity contribution in [1.82, 2.24) is 15.3 Å². The zero-order valence-electron chi connectivity index (χ0n) is 16.7. The Balaban J connectivity index is 1.47. The molecule has 0 spiro atoms. The van der Waals surface area contributed by atoms with E-state index in [0.29, 0.717) is 12.5 Å². The summed E-state index contributed by atoms with van der Waals surface area (Å²) in [5.74, 6) is 1.35. The van der Waals surface area contributed by atoms with Gasteiger partial charge in [0.25, 0.3) is 0 Å². The van der Waals surface area contributed by atoms with Gasteiger partial charge in [-0.2, -0.15) is 4.98 Å². The van der Waals surface area contributed by atoms with Crippen LogP contribution in [-0.2, 0) is 11.3 Å². The first-order valence-electron chi connectivity index (χ1n) is 9.72. The van der Waals surface area contributed by atoms with Crippen molar-refractivity contribution in [2.75, 3.05) is 24.3 Å². The van der Waals surface area contributed by atoms with Crippen LogP contribution in [0.15, 0.2) is 30.3 Å². The average Bonchev–Trinajstić information content (AvgIpc) is 2.67. The molecule has 1 heterocycles. The van der Waals surface area contributed by atoms with Gasteiger partial charge in [0, 0.05) is 44.4 Å². The molecule has 6 nitrogen and oxygen atoms in total. The molecule has 1 aliphatic rings. The van der Waals surface area contributed by atoms with Crippen LogP contribution in [0.5, 0.6) is 0 Å². The molecule has 0 saturated heterocycles. The number of amides is 1. The third-order valence-electron chi connectivity index (χ3n) is 5.11. The predicted octanol–water partition coefficient (Wildman–Crippen LogP) is 3.28. The molecule has 0 atom stereocenters. The standard InChI is InChI=1S/C21H28FN5O/c1-14-12-19(27(2)3)26-21(24-14)25-18-10-6-16(7-11-18)20(28)23-13-15-4-8-17(22)9-5-15/h4-5,8-9,12,16,18H,6-7,10-11,13H2,1-3H3,(H,23,28)(H,24,25,26). The highest BCUT2D eigenvalue weighted by Gasteiger charge is 2.26. The van der Waals surface area contributed by atoms with Gasteiger partial charge in [0.1, 0.15) is 11.6 Å². The molecule has 7 heteroatoms. The first kappa shape index (κ1) is 20.0. The Bertz CT molecular complexity index is 801. The van der Waals surface area contributed by atoms with Gasteiger partial charge in [-0.25, -0.2) is 9.37 Å². The Labute approximate surface area is 165 Å². The van der Waals surface area contributed by atoms with E-state index in [2.05, 4.69) is 20.6 Å². The molecule has 1 aromatic heterocycles. The summed E-state index contributed by atoms with van der Waals surface area (Å²) < 4.78 is 12.9. The molecule has 1 aliphatic carbocycles. The number of hydrogen-bond donors (Lipinski definition) is 2. The van der Waals surface area contributed by atoms with Gasteiger partial charge in [-0.15, -0.1) is 0 Å². The van der Waals surface area contributed by atoms with Gasteiger partial charge in [0.05, 0.1) is 0 Å². The summed E-state index contributed by atoms with van der Waals surface area (Å²) in [5, 5.41) is 6.39. The molecular weight excluding hydrogens is 357 g/mol. The van der Waals surface area contributed by atoms with Crippen molar-refractivity contribution in [2.45, 2.75) is 45.2 Å². The number of carbonyl (C=O) groups is 1. The fourth-order valence-electron chi connectivity index (χ4n) is 3.46. The summed E-state index contributed by atoms with van der Waals surface area (Å²) in [6.07, 6.45) is 3.48. The molecule has 0 radical (unpaired) electrons. The van der Waals surface area contributed by atoms with Crippen molar-refractivity contribution < 1.29 is 9.18 Å². The van der Waals surface area contributed by atoms with Gasteiger partial charge < -0.3 is 15.5 Å². The van der Waals surface area contributed by atoms with E-state index in [1.807, 2.05) is 32.0 Å². The number of anilines is 2. The third kappa shape index (κ3) is 5.41. The lowest BCUT2D eigenvalue weighted by molar-refractivity contribution is -0.126. The molecule has 1 amide bonds. The average molecular weight is 385 g/mol. The molecule has 1 saturated carbocycles. The second-order valence-corrected chi connectivity index (χ2v) is 7.62. The minimum Gasteiger partial charge on any atom is -0.363 e. The van der Waals surface area contributed by atoms with Crippen molar-refractivity contribution in [3.63, 3.8) is 0 Å². The zero-order valence-corrected chi connectivity index (χ0v) is 16.7. The van der Waals surface area contributed by atoms with Crippen LogP contribution in [0.4, 0.5) is 16.2 Å². The Morgan fingerprint density at radius 1 is 1.14 bits per heavy atom. The fourth-order valence-corrected chi connectivity index (χ4v) is 3.46. The van der Waals surface area contributed by atoms with Crippen molar-refractivity contribution in [3.8, 4) is 0 Å². The number of aromatic nitrogens is 2. The number of nitrogens with zero attached hydrogens (tertiary/aromatic N) is 3. The maximum atomic E-state index is 12.9. The van der Waals surface area contributed by atoms with Crippen molar-refractivity contribution in [2.24, 2.45) is 5.92 Å². The van der Waals surface area contributed by atoms with Crippen LogP contribution in [0.25, 0.3) is 0 Å². The Morgan fingerprint density at radius 3 is 2.46 bits per heavy atom. The maximum Gasteiger partial charge on any atom is 0.225 e. The highest BCUT2D eigenvalue weighted by atomic mass is 19.1. The fraction of sp³-hybridized carbons (Fsp3) is 0.476. The van der Waals surface area contributed by atoms with Crippen LogP contribution in [0.2, 0.25) is 0 Å². The molecule has 1 aromatic carbocycles. The van der Waals surface area contributed by atoms with E-state index in [1.54, 1.807) is 12.1 Å². The lowest BCUT2D eigenvalue weighted by atomic mass is 9.85. The van der Waals surface area contributed by atoms with E-state index in [1.165, 1.54) is 12.1 Å². The largest absolute Gasteiger partial charge is 0.363 e. The van der Waals surface area contributed by atoms with Gasteiger partial charge in [-0.3, -0.25) is 4.79 Å². The lowest BCUT2D eigenvalue weighted by Crippen LogP contribution is -2.36. The van der Waals surface area contributed by atoms with Crippen LogP contribution >= 0.6 is 0 Å². The molecule has 1 fully saturated rings. The highest BCUT2D eigenvalue weighted by molar-refractivity contribution is 5.78. The lowest BCUT2D eigenvalue weighted by Gasteiger charge is -2.28. The molecule has 28 heavy (non-hydrogen) atoms. The molecule has 150 valence electrons. The molecule has 0 unspecified atom stereocenters. The maximum absolute atomic E-state index is 12.9. The van der Waals surface area contributed by atoms with E-state index < -0.39 is 0 Å². The zero-order chi connectivity index (χ0) is 20.1. The van der Waals surface area contributed by atoms with Gasteiger partial charge in [-0.05, 0) is 50.3 Å². The molecule has 2 N–H and O–H groups in total. The second-order valence-electron chi connectivity index (χ2n) is 7.62. The first-order chi connectivity index (χ1) is 13.4. The molecule has 2 aromatic rings. The monoisotopic (exact) mass is 385 g/mol. The minimum atomic E-state index is -0.267. The van der Waals surface area contributed by atoms with Gasteiger partial charge in [0.15, 0.2) is 0 Å². The number of aryl methyl sites for hydroxylation is 1. The van der Waals surface area contributed by atoms with Crippen LogP contribution < -0.4 is 15.5 Å². The smallest absolute Gasteiger partial charge is 0.225 e. The van der Waals surface area contributed by atoms with Crippen molar-refractivity contribution >= 4 is 17.7 Å². The van der Waals surface area contributed by atoms with E-state index in [0.717, 1.165) is 42.8 Å². The quantitative estimate of drug-likeness (QED) is 0.799. The van der Waals surface area contributed by atoms with E-state index in [4.69, 9.17) is 0 Å². The molecule has 0 bridgehead atoms. The minimum absolute atomic E-state index is 0.0225. The topological polar surface area (TPSA) is 70.2 Å². The van der Waals surface area contributed by atoms with Crippen LogP contribution in [0.3, 0.4) is 0 Å². The van der Waals surface area contributed by atoms with Crippen LogP contribution in [0, 0.1) is 18.7 Å². The van der Waals surface area contributed by atoms with Crippen LogP contribution in [-0.4, -0.2) is 36.0 Å². The third-order valence-corrected chi connectivity index (χ3v) is 5.11. The van der Waals surface area contributed by atoms with Crippen molar-refractivity contribution in [3.05, 3.63) is 47.4 Å². The first-order valence-corrected chi connectivity index (χ1v) is 9.72. The summed E-state index contributed by atoms with van der Waals surface area (Å²) >= 11 is 0. The molecule has 3 rings (SSSR count). The SMILES string of the molecule is Cc1cc(N(C)C)nc(NC2CCC(C(=O)NCc3ccc(F)cc3)CC2)n1. The predicted molar refractivity (Wildman–Crippen MR) is 109 cm³/mol. The summed E-state index contributed by atoms with van der Waals surface area (Å²) in [7, 11) is 3.92. The van der Waals surface area contributed by atoms with E-state index in [-0.39, 0.29) is 23.7 Å². The number of halogens is 1. The number of hydrogen-bond acceptors (Lipinski definition) is 5. The summed E-state index contributed by atoms with van der Waals surface area (Å²) in [4.78, 5) is 23.4. The summed E-state index contributed by atoms with van der Waals surface area (Å²) in [5.41, 5.74) is 1.83. The second kappa shape index (κ2) is 8.99. The Morgan fingerprint density at radius 2 is 1.82 bits per heavy atom. The van der Waals surface area contributed by atoms with Crippen LogP contribution in [0.1, 0.15) is 36.9 Å². The molecular formula is C21H28FN5O. The highest BCUT2D eigenvalue weighted by Crippen LogP contribution is 2.26. The van der Waals surface area contributed by atoms with E-state index in [9.17, 15) is 9.18 Å². The Kier molecular flexibility index (Phi) is 6.44. The molecule has 0 aliphatic heterocycles. The summed E-state index contributed by atoms with van der Waals surface area (Å²) in [6.45, 7) is 2.39. The number of carbonyl (C=O) groups excluding carboxylic acids is 1. The van der Waals surface area contributed by atoms with Gasteiger partial charge in [0.2, 0.25) is 11.9 Å². The summed E-state index contributed by atoms with van der Waals surface area (Å²) in [6, 6.07) is 8.44.